The topological polar surface area (TPSA) is 46.6 Å². The van der Waals surface area contributed by atoms with Crippen molar-refractivity contribution in [2.75, 3.05) is 0 Å². The van der Waals surface area contributed by atoms with Crippen molar-refractivity contribution >= 4 is 11.9 Å². The zero-order valence-electron chi connectivity index (χ0n) is 18.2. The van der Waals surface area contributed by atoms with Gasteiger partial charge in [-0.1, -0.05) is 24.3 Å². The molecule has 1 aliphatic heterocycles. The lowest BCUT2D eigenvalue weighted by atomic mass is 9.81. The Morgan fingerprint density at radius 3 is 2.42 bits per heavy atom. The quantitative estimate of drug-likeness (QED) is 0.417. The van der Waals surface area contributed by atoms with Gasteiger partial charge in [0, 0.05) is 29.7 Å². The number of ether oxygens (including phenoxy) is 1. The van der Waals surface area contributed by atoms with Crippen molar-refractivity contribution in [1.82, 2.24) is 4.90 Å². The van der Waals surface area contributed by atoms with Crippen LogP contribution in [-0.2, 0) is 27.0 Å². The fraction of sp³-hybridized carbons (Fsp3) is 0.333. The van der Waals surface area contributed by atoms with E-state index in [9.17, 15) is 31.5 Å². The first-order valence-corrected chi connectivity index (χ1v) is 10.2. The molecule has 176 valence electrons. The fourth-order valence-corrected chi connectivity index (χ4v) is 3.89. The molecule has 0 spiro atoms. The number of carbonyl (C=O) groups excluding carboxylic acids is 2. The lowest BCUT2D eigenvalue weighted by Gasteiger charge is -2.35. The van der Waals surface area contributed by atoms with E-state index in [1.54, 1.807) is 13.8 Å². The van der Waals surface area contributed by atoms with Crippen LogP contribution in [-0.4, -0.2) is 22.9 Å². The molecule has 9 heteroatoms. The average Bonchev–Trinajstić information content (AvgIpc) is 2.70. The Morgan fingerprint density at radius 2 is 1.82 bits per heavy atom. The third-order valence-electron chi connectivity index (χ3n) is 5.37. The smallest absolute Gasteiger partial charge is 0.416 e. The summed E-state index contributed by atoms with van der Waals surface area (Å²) in [7, 11) is 0. The molecule has 3 rings (SSSR count). The van der Waals surface area contributed by atoms with Gasteiger partial charge in [-0.3, -0.25) is 4.79 Å². The predicted molar refractivity (Wildman–Crippen MR) is 110 cm³/mol. The molecule has 0 radical (unpaired) electrons. The predicted octanol–water partition coefficient (Wildman–Crippen LogP) is 5.73. The van der Waals surface area contributed by atoms with Gasteiger partial charge in [0.05, 0.1) is 23.8 Å². The van der Waals surface area contributed by atoms with Gasteiger partial charge in [0.1, 0.15) is 11.6 Å². The molecule has 33 heavy (non-hydrogen) atoms. The summed E-state index contributed by atoms with van der Waals surface area (Å²) in [5.74, 6) is -4.33. The molecule has 1 atom stereocenters. The maximum atomic E-state index is 14.2. The number of nitrogens with zero attached hydrogens (tertiary/aromatic N) is 1. The number of rotatable bonds is 5. The molecule has 2 aromatic carbocycles. The molecule has 0 saturated carbocycles. The van der Waals surface area contributed by atoms with E-state index in [4.69, 9.17) is 4.74 Å². The van der Waals surface area contributed by atoms with Gasteiger partial charge in [-0.25, -0.2) is 13.6 Å². The van der Waals surface area contributed by atoms with Crippen LogP contribution in [0.1, 0.15) is 49.8 Å². The van der Waals surface area contributed by atoms with Crippen molar-refractivity contribution in [3.63, 3.8) is 0 Å². The highest BCUT2D eigenvalue weighted by Gasteiger charge is 2.42. The molecule has 1 heterocycles. The number of amides is 1. The van der Waals surface area contributed by atoms with Crippen LogP contribution >= 0.6 is 0 Å². The molecule has 0 aliphatic carbocycles. The highest BCUT2D eigenvalue weighted by Crippen LogP contribution is 2.43. The number of benzene rings is 2. The molecule has 2 aromatic rings. The summed E-state index contributed by atoms with van der Waals surface area (Å²) in [6.45, 7) is 4.26. The number of esters is 1. The lowest BCUT2D eigenvalue weighted by molar-refractivity contribution is -0.145. The number of allylic oxidation sites excluding steroid dienone is 1. The minimum atomic E-state index is -4.70. The van der Waals surface area contributed by atoms with Crippen molar-refractivity contribution in [2.24, 2.45) is 0 Å². The van der Waals surface area contributed by atoms with E-state index in [0.29, 0.717) is 6.07 Å². The van der Waals surface area contributed by atoms with Crippen LogP contribution in [0.2, 0.25) is 0 Å². The Kier molecular flexibility index (Phi) is 6.90. The maximum absolute atomic E-state index is 14.2. The Bertz CT molecular complexity index is 1110. The van der Waals surface area contributed by atoms with Crippen LogP contribution < -0.4 is 0 Å². The van der Waals surface area contributed by atoms with Gasteiger partial charge in [-0.05, 0) is 38.5 Å². The zero-order chi connectivity index (χ0) is 24.5. The van der Waals surface area contributed by atoms with Crippen LogP contribution in [0.5, 0.6) is 0 Å². The first-order valence-electron chi connectivity index (χ1n) is 10.2. The van der Waals surface area contributed by atoms with E-state index in [0.717, 1.165) is 17.0 Å². The highest BCUT2D eigenvalue weighted by atomic mass is 19.4. The molecule has 0 N–H and O–H groups in total. The normalized spacial score (nSPS) is 17.1. The van der Waals surface area contributed by atoms with Crippen molar-refractivity contribution in [2.45, 2.75) is 51.9 Å². The van der Waals surface area contributed by atoms with E-state index >= 15 is 0 Å². The molecule has 0 fully saturated rings. The van der Waals surface area contributed by atoms with Gasteiger partial charge < -0.3 is 9.64 Å². The van der Waals surface area contributed by atoms with Gasteiger partial charge in [-0.2, -0.15) is 13.2 Å². The van der Waals surface area contributed by atoms with E-state index in [1.165, 1.54) is 31.2 Å². The number of carbonyl (C=O) groups is 2. The second-order valence-electron chi connectivity index (χ2n) is 8.01. The Hall–Kier alpha value is -3.23. The number of alkyl halides is 3. The number of hydrogen-bond acceptors (Lipinski definition) is 3. The summed E-state index contributed by atoms with van der Waals surface area (Å²) in [4.78, 5) is 27.1. The minimum absolute atomic E-state index is 0.00480. The average molecular weight is 467 g/mol. The summed E-state index contributed by atoms with van der Waals surface area (Å²) in [6, 6.07) is 7.61. The van der Waals surface area contributed by atoms with Crippen LogP contribution in [0.4, 0.5) is 22.0 Å². The highest BCUT2D eigenvalue weighted by molar-refractivity contribution is 5.96. The maximum Gasteiger partial charge on any atom is 0.416 e. The molecule has 1 aliphatic rings. The zero-order valence-corrected chi connectivity index (χ0v) is 18.2. The van der Waals surface area contributed by atoms with E-state index in [-0.39, 0.29) is 28.9 Å². The van der Waals surface area contributed by atoms with Crippen LogP contribution in [0.3, 0.4) is 0 Å². The molecule has 0 bridgehead atoms. The Labute approximate surface area is 187 Å². The molecule has 4 nitrogen and oxygen atoms in total. The lowest BCUT2D eigenvalue weighted by Crippen LogP contribution is -2.39. The Morgan fingerprint density at radius 1 is 1.15 bits per heavy atom. The van der Waals surface area contributed by atoms with Gasteiger partial charge in [0.25, 0.3) is 0 Å². The van der Waals surface area contributed by atoms with Crippen molar-refractivity contribution in [3.05, 3.63) is 82.1 Å². The first kappa shape index (κ1) is 24.4. The molecule has 0 unspecified atom stereocenters. The summed E-state index contributed by atoms with van der Waals surface area (Å²) in [6.07, 6.45) is -5.71. The van der Waals surface area contributed by atoms with Crippen LogP contribution in [0.15, 0.2) is 53.7 Å². The monoisotopic (exact) mass is 467 g/mol. The summed E-state index contributed by atoms with van der Waals surface area (Å²) < 4.78 is 73.8. The van der Waals surface area contributed by atoms with Gasteiger partial charge in [0.2, 0.25) is 5.91 Å². The molecule has 1 amide bonds. The van der Waals surface area contributed by atoms with E-state index in [2.05, 4.69) is 0 Å². The molecular weight excluding hydrogens is 445 g/mol. The second-order valence-corrected chi connectivity index (χ2v) is 8.01. The number of halogens is 5. The molecule has 0 aromatic heterocycles. The van der Waals surface area contributed by atoms with Gasteiger partial charge >= 0.3 is 12.1 Å². The second kappa shape index (κ2) is 9.33. The molecular formula is C24H22F5NO3. The molecule has 0 saturated heterocycles. The van der Waals surface area contributed by atoms with Crippen molar-refractivity contribution in [1.29, 1.82) is 0 Å². The minimum Gasteiger partial charge on any atom is -0.460 e. The third-order valence-corrected chi connectivity index (χ3v) is 5.37. The van der Waals surface area contributed by atoms with E-state index in [1.807, 2.05) is 0 Å². The summed E-state index contributed by atoms with van der Waals surface area (Å²) in [5, 5.41) is 0. The van der Waals surface area contributed by atoms with Gasteiger partial charge in [0.15, 0.2) is 0 Å². The largest absolute Gasteiger partial charge is 0.460 e. The van der Waals surface area contributed by atoms with E-state index < -0.39 is 53.7 Å². The van der Waals surface area contributed by atoms with Crippen LogP contribution in [0.25, 0.3) is 0 Å². The fourth-order valence-electron chi connectivity index (χ4n) is 3.89. The van der Waals surface area contributed by atoms with Crippen LogP contribution in [0, 0.1) is 11.6 Å². The Balaban J connectivity index is 2.13. The number of hydrogen-bond donors (Lipinski definition) is 0. The van der Waals surface area contributed by atoms with Gasteiger partial charge in [-0.15, -0.1) is 0 Å². The summed E-state index contributed by atoms with van der Waals surface area (Å²) >= 11 is 0. The third kappa shape index (κ3) is 5.23. The standard InChI is InChI=1S/C24H22F5NO3/c1-13(2)33-23(32)22-14(3)30(12-15-8-9-16(25)10-20(15)26)21(31)11-18(22)17-6-4-5-7-19(17)24(27,28)29/h4-10,13,18H,11-12H2,1-3H3/t18-/m0/s1. The SMILES string of the molecule is CC1=C(C(=O)OC(C)C)[C@H](c2ccccc2C(F)(F)F)CC(=O)N1Cc1ccc(F)cc1F. The summed E-state index contributed by atoms with van der Waals surface area (Å²) in [5.41, 5.74) is -1.23. The van der Waals surface area contributed by atoms with Crippen molar-refractivity contribution in [3.8, 4) is 0 Å². The van der Waals surface area contributed by atoms with Crippen molar-refractivity contribution < 1.29 is 36.3 Å². The first-order chi connectivity index (χ1) is 15.4.